The fourth-order valence-electron chi connectivity index (χ4n) is 3.49. The van der Waals surface area contributed by atoms with Gasteiger partial charge in [0.05, 0.1) is 17.7 Å². The fraction of sp³-hybridized carbons (Fsp3) is 0.353. The van der Waals surface area contributed by atoms with Gasteiger partial charge in [-0.3, -0.25) is 4.18 Å². The van der Waals surface area contributed by atoms with Crippen LogP contribution in [0.4, 0.5) is 5.82 Å². The van der Waals surface area contributed by atoms with Crippen LogP contribution in [0.1, 0.15) is 12.8 Å². The van der Waals surface area contributed by atoms with Crippen LogP contribution in [0.5, 0.6) is 0 Å². The van der Waals surface area contributed by atoms with Crippen LogP contribution in [0.3, 0.4) is 0 Å². The third-order valence-corrected chi connectivity index (χ3v) is 5.66. The number of rotatable bonds is 6. The maximum atomic E-state index is 11.0. The van der Waals surface area contributed by atoms with Gasteiger partial charge in [-0.05, 0) is 25.0 Å². The molecule has 1 aliphatic rings. The monoisotopic (exact) mass is 438 g/mol. The summed E-state index contributed by atoms with van der Waals surface area (Å²) in [4.78, 5) is 16.2. The molecule has 0 aliphatic heterocycles. The van der Waals surface area contributed by atoms with Crippen molar-refractivity contribution in [1.82, 2.24) is 19.9 Å². The van der Waals surface area contributed by atoms with Crippen molar-refractivity contribution in [2.24, 2.45) is 11.1 Å². The Morgan fingerprint density at radius 2 is 2.10 bits per heavy atom. The Labute approximate surface area is 171 Å². The molecule has 2 aromatic heterocycles. The molecular formula is C17H19ClN6O4S. The summed E-state index contributed by atoms with van der Waals surface area (Å²) < 4.78 is 26.6. The van der Waals surface area contributed by atoms with E-state index in [-0.39, 0.29) is 18.6 Å². The van der Waals surface area contributed by atoms with E-state index in [4.69, 9.17) is 16.7 Å². The number of hydrogen-bond donors (Lipinski definition) is 4. The van der Waals surface area contributed by atoms with Crippen LogP contribution in [0.15, 0.2) is 30.6 Å². The number of nitrogens with zero attached hydrogens (tertiary/aromatic N) is 3. The van der Waals surface area contributed by atoms with Crippen LogP contribution >= 0.6 is 11.6 Å². The molecule has 0 unspecified atom stereocenters. The number of aromatic nitrogens is 4. The molecule has 0 amide bonds. The molecule has 3 atom stereocenters. The minimum atomic E-state index is -4.04. The molecule has 3 aromatic rings. The lowest BCUT2D eigenvalue weighted by Gasteiger charge is -2.13. The molecule has 1 aliphatic carbocycles. The van der Waals surface area contributed by atoms with E-state index in [1.165, 1.54) is 6.33 Å². The topological polar surface area (TPSA) is 156 Å². The fourth-order valence-corrected chi connectivity index (χ4v) is 4.08. The Kier molecular flexibility index (Phi) is 5.40. The number of H-pyrrole nitrogens is 1. The summed E-state index contributed by atoms with van der Waals surface area (Å²) in [6.45, 7) is -0.169. The largest absolute Gasteiger partial charge is 0.393 e. The predicted molar refractivity (Wildman–Crippen MR) is 107 cm³/mol. The lowest BCUT2D eigenvalue weighted by atomic mass is 10.1. The number of fused-ring (bicyclic) bond motifs is 1. The van der Waals surface area contributed by atoms with Crippen LogP contribution in [0, 0.1) is 5.92 Å². The average molecular weight is 439 g/mol. The van der Waals surface area contributed by atoms with E-state index in [9.17, 15) is 13.5 Å². The van der Waals surface area contributed by atoms with E-state index in [0.29, 0.717) is 40.7 Å². The highest BCUT2D eigenvalue weighted by Gasteiger charge is 2.34. The summed E-state index contributed by atoms with van der Waals surface area (Å²) in [7, 11) is -4.04. The molecule has 5 N–H and O–H groups in total. The summed E-state index contributed by atoms with van der Waals surface area (Å²) >= 11 is 6.25. The van der Waals surface area contributed by atoms with E-state index in [0.717, 1.165) is 5.56 Å². The van der Waals surface area contributed by atoms with Crippen molar-refractivity contribution in [1.29, 1.82) is 0 Å². The molecule has 0 saturated heterocycles. The first-order valence-corrected chi connectivity index (χ1v) is 10.7. The molecule has 4 rings (SSSR count). The predicted octanol–water partition coefficient (Wildman–Crippen LogP) is 1.44. The quantitative estimate of drug-likeness (QED) is 0.450. The van der Waals surface area contributed by atoms with Crippen molar-refractivity contribution in [2.75, 3.05) is 11.9 Å². The van der Waals surface area contributed by atoms with Gasteiger partial charge in [0, 0.05) is 17.5 Å². The van der Waals surface area contributed by atoms with E-state index in [1.54, 1.807) is 6.07 Å². The number of nitrogens with one attached hydrogen (secondary N) is 2. The molecule has 10 nitrogen and oxygen atoms in total. The van der Waals surface area contributed by atoms with Crippen molar-refractivity contribution >= 4 is 38.9 Å². The Morgan fingerprint density at radius 3 is 2.86 bits per heavy atom. The van der Waals surface area contributed by atoms with Gasteiger partial charge in [0.1, 0.15) is 17.7 Å². The van der Waals surface area contributed by atoms with Gasteiger partial charge >= 0.3 is 10.3 Å². The number of halogens is 1. The first-order valence-electron chi connectivity index (χ1n) is 8.87. The van der Waals surface area contributed by atoms with Crippen LogP contribution < -0.4 is 10.5 Å². The third kappa shape index (κ3) is 4.49. The minimum absolute atomic E-state index is 0.135. The zero-order chi connectivity index (χ0) is 20.6. The van der Waals surface area contributed by atoms with Crippen molar-refractivity contribution in [3.8, 4) is 11.4 Å². The summed E-state index contributed by atoms with van der Waals surface area (Å²) in [5, 5.41) is 18.9. The molecule has 0 bridgehead atoms. The first kappa shape index (κ1) is 20.0. The molecule has 1 saturated carbocycles. The molecule has 154 valence electrons. The Bertz CT molecular complexity index is 1140. The standard InChI is InChI=1S/C17H19ClN6O4S/c18-12-4-2-1-3-11(12)15-23-14-16(20-8-21-17(14)24-15)22-10-5-9(13(25)6-10)7-28-29(19,26)27/h1-4,8-10,13,25H,5-7H2,(H2,19,26,27)(H2,20,21,22,23,24)/t9-,10-,13+/m1/s1. The van der Waals surface area contributed by atoms with E-state index in [1.807, 2.05) is 18.2 Å². The number of nitrogens with two attached hydrogens (primary N) is 1. The number of aliphatic hydroxyl groups is 1. The van der Waals surface area contributed by atoms with Crippen LogP contribution in [0.2, 0.25) is 5.02 Å². The SMILES string of the molecule is NS(=O)(=O)OC[C@H]1C[C@@H](Nc2ncnc3nc(-c4ccccc4Cl)[nH]c23)C[C@@H]1O. The molecule has 12 heteroatoms. The van der Waals surface area contributed by atoms with Crippen molar-refractivity contribution in [3.63, 3.8) is 0 Å². The van der Waals surface area contributed by atoms with Crippen molar-refractivity contribution in [2.45, 2.75) is 25.0 Å². The van der Waals surface area contributed by atoms with Gasteiger partial charge < -0.3 is 15.4 Å². The lowest BCUT2D eigenvalue weighted by molar-refractivity contribution is 0.101. The second-order valence-electron chi connectivity index (χ2n) is 6.90. The second-order valence-corrected chi connectivity index (χ2v) is 8.53. The first-order chi connectivity index (χ1) is 13.8. The van der Waals surface area contributed by atoms with Crippen LogP contribution in [0.25, 0.3) is 22.6 Å². The van der Waals surface area contributed by atoms with Gasteiger partial charge in [-0.1, -0.05) is 23.7 Å². The number of anilines is 1. The average Bonchev–Trinajstić information content (AvgIpc) is 3.24. The maximum absolute atomic E-state index is 11.0. The Balaban J connectivity index is 1.54. The summed E-state index contributed by atoms with van der Waals surface area (Å²) in [6, 6.07) is 7.19. The molecule has 1 aromatic carbocycles. The molecule has 0 spiro atoms. The smallest absolute Gasteiger partial charge is 0.333 e. The van der Waals surface area contributed by atoms with Crippen LogP contribution in [-0.2, 0) is 14.5 Å². The van der Waals surface area contributed by atoms with Gasteiger partial charge in [-0.25, -0.2) is 20.1 Å². The highest BCUT2D eigenvalue weighted by molar-refractivity contribution is 7.84. The number of aliphatic hydroxyl groups excluding tert-OH is 1. The van der Waals surface area contributed by atoms with Gasteiger partial charge in [-0.15, -0.1) is 0 Å². The van der Waals surface area contributed by atoms with Gasteiger partial charge in [0.2, 0.25) is 0 Å². The molecular weight excluding hydrogens is 420 g/mol. The van der Waals surface area contributed by atoms with E-state index >= 15 is 0 Å². The van der Waals surface area contributed by atoms with Gasteiger partial charge in [-0.2, -0.15) is 8.42 Å². The minimum Gasteiger partial charge on any atom is -0.393 e. The third-order valence-electron chi connectivity index (χ3n) is 4.86. The highest BCUT2D eigenvalue weighted by Crippen LogP contribution is 2.32. The molecule has 1 fully saturated rings. The number of imidazole rings is 1. The van der Waals surface area contributed by atoms with Gasteiger partial charge in [0.15, 0.2) is 11.5 Å². The molecule has 29 heavy (non-hydrogen) atoms. The van der Waals surface area contributed by atoms with Crippen molar-refractivity contribution < 1.29 is 17.7 Å². The maximum Gasteiger partial charge on any atom is 0.333 e. The summed E-state index contributed by atoms with van der Waals surface area (Å²) in [5.74, 6) is 0.745. The number of benzene rings is 1. The second kappa shape index (κ2) is 7.84. The highest BCUT2D eigenvalue weighted by atomic mass is 35.5. The number of hydrogen-bond acceptors (Lipinski definition) is 8. The van der Waals surface area contributed by atoms with E-state index in [2.05, 4.69) is 29.4 Å². The molecule has 2 heterocycles. The molecule has 0 radical (unpaired) electrons. The zero-order valence-corrected chi connectivity index (χ0v) is 16.7. The summed E-state index contributed by atoms with van der Waals surface area (Å²) in [5.41, 5.74) is 1.83. The van der Waals surface area contributed by atoms with Gasteiger partial charge in [0.25, 0.3) is 0 Å². The lowest BCUT2D eigenvalue weighted by Crippen LogP contribution is -2.24. The normalized spacial score (nSPS) is 22.2. The zero-order valence-electron chi connectivity index (χ0n) is 15.1. The number of aromatic amines is 1. The Morgan fingerprint density at radius 1 is 1.31 bits per heavy atom. The van der Waals surface area contributed by atoms with E-state index < -0.39 is 16.4 Å². The van der Waals surface area contributed by atoms with Crippen LogP contribution in [-0.4, -0.2) is 52.2 Å². The summed E-state index contributed by atoms with van der Waals surface area (Å²) in [6.07, 6.45) is 1.59. The Hall–Kier alpha value is -2.31. The van der Waals surface area contributed by atoms with Crippen molar-refractivity contribution in [3.05, 3.63) is 35.6 Å².